The van der Waals surface area contributed by atoms with Gasteiger partial charge in [0.2, 0.25) is 0 Å². The Morgan fingerprint density at radius 3 is 2.86 bits per heavy atom. The number of hydrogen-bond acceptors (Lipinski definition) is 3. The van der Waals surface area contributed by atoms with Crippen LogP contribution in [0.15, 0.2) is 34.9 Å². The van der Waals surface area contributed by atoms with Crippen LogP contribution in [0.2, 0.25) is 4.34 Å². The second-order valence-electron chi connectivity index (χ2n) is 3.03. The molecule has 1 unspecified atom stereocenters. The minimum Gasteiger partial charge on any atom is -0.469 e. The summed E-state index contributed by atoms with van der Waals surface area (Å²) in [4.78, 5) is 1.09. The molecule has 0 saturated heterocycles. The van der Waals surface area contributed by atoms with E-state index in [1.54, 1.807) is 6.26 Å². The number of hydrogen-bond donors (Lipinski definition) is 1. The van der Waals surface area contributed by atoms with Crippen molar-refractivity contribution in [3.8, 4) is 0 Å². The van der Waals surface area contributed by atoms with Gasteiger partial charge in [0.15, 0.2) is 0 Å². The van der Waals surface area contributed by atoms with E-state index in [9.17, 15) is 0 Å². The van der Waals surface area contributed by atoms with Gasteiger partial charge in [-0.25, -0.2) is 0 Å². The maximum absolute atomic E-state index is 5.99. The Bertz CT molecular complexity index is 396. The summed E-state index contributed by atoms with van der Waals surface area (Å²) in [7, 11) is 0. The molecular weight excluding hydrogens is 218 g/mol. The highest BCUT2D eigenvalue weighted by Crippen LogP contribution is 2.27. The van der Waals surface area contributed by atoms with Gasteiger partial charge < -0.3 is 10.2 Å². The lowest BCUT2D eigenvalue weighted by Crippen LogP contribution is -2.11. The molecule has 0 spiro atoms. The normalized spacial score (nSPS) is 13.0. The number of nitrogens with two attached hydrogens (primary N) is 1. The van der Waals surface area contributed by atoms with Crippen LogP contribution < -0.4 is 5.73 Å². The van der Waals surface area contributed by atoms with Gasteiger partial charge in [0.05, 0.1) is 10.6 Å². The smallest absolute Gasteiger partial charge is 0.105 e. The van der Waals surface area contributed by atoms with Crippen molar-refractivity contribution in [1.29, 1.82) is 0 Å². The first kappa shape index (κ1) is 9.77. The van der Waals surface area contributed by atoms with E-state index in [0.29, 0.717) is 6.42 Å². The number of halogens is 1. The van der Waals surface area contributed by atoms with Crippen molar-refractivity contribution in [2.24, 2.45) is 5.73 Å². The van der Waals surface area contributed by atoms with Crippen LogP contribution >= 0.6 is 22.9 Å². The molecule has 1 atom stereocenters. The van der Waals surface area contributed by atoms with Crippen LogP contribution in [0, 0.1) is 0 Å². The third-order valence-corrected chi connectivity index (χ3v) is 3.32. The molecule has 2 heterocycles. The van der Waals surface area contributed by atoms with Crippen molar-refractivity contribution in [2.45, 2.75) is 12.5 Å². The Labute approximate surface area is 91.3 Å². The van der Waals surface area contributed by atoms with Gasteiger partial charge in [-0.1, -0.05) is 11.6 Å². The van der Waals surface area contributed by atoms with Crippen LogP contribution in [0.25, 0.3) is 0 Å². The molecule has 0 saturated carbocycles. The fourth-order valence-corrected chi connectivity index (χ4v) is 2.34. The molecule has 74 valence electrons. The minimum absolute atomic E-state index is 0.0290. The highest BCUT2D eigenvalue weighted by atomic mass is 35.5. The first-order valence-electron chi connectivity index (χ1n) is 4.29. The Kier molecular flexibility index (Phi) is 2.91. The quantitative estimate of drug-likeness (QED) is 0.875. The van der Waals surface area contributed by atoms with Crippen LogP contribution in [0.1, 0.15) is 16.7 Å². The summed E-state index contributed by atoms with van der Waals surface area (Å²) in [5.74, 6) is 0.905. The molecule has 2 aromatic heterocycles. The summed E-state index contributed by atoms with van der Waals surface area (Å²) in [5, 5.41) is 0. The number of furan rings is 1. The third-order valence-electron chi connectivity index (χ3n) is 1.96. The van der Waals surface area contributed by atoms with Crippen LogP contribution in [0.5, 0.6) is 0 Å². The summed E-state index contributed by atoms with van der Waals surface area (Å²) < 4.78 is 6.00. The number of thiophene rings is 1. The molecule has 0 aliphatic rings. The first-order chi connectivity index (χ1) is 6.75. The SMILES string of the molecule is NC(Cc1ccco1)c1ccc(Cl)s1. The van der Waals surface area contributed by atoms with Crippen LogP contribution in [0.4, 0.5) is 0 Å². The highest BCUT2D eigenvalue weighted by Gasteiger charge is 2.10. The molecule has 14 heavy (non-hydrogen) atoms. The van der Waals surface area contributed by atoms with Gasteiger partial charge in [-0.2, -0.15) is 0 Å². The molecule has 2 aromatic rings. The zero-order valence-corrected chi connectivity index (χ0v) is 9.02. The van der Waals surface area contributed by atoms with Crippen molar-refractivity contribution in [2.75, 3.05) is 0 Å². The summed E-state index contributed by atoms with van der Waals surface area (Å²) in [6.45, 7) is 0. The second kappa shape index (κ2) is 4.17. The molecule has 2 N–H and O–H groups in total. The lowest BCUT2D eigenvalue weighted by atomic mass is 10.1. The third kappa shape index (κ3) is 2.18. The first-order valence-corrected chi connectivity index (χ1v) is 5.48. The topological polar surface area (TPSA) is 39.2 Å². The standard InChI is InChI=1S/C10H10ClNOS/c11-10-4-3-9(14-10)8(12)6-7-2-1-5-13-7/h1-5,8H,6,12H2. The van der Waals surface area contributed by atoms with E-state index in [4.69, 9.17) is 21.8 Å². The van der Waals surface area contributed by atoms with Crippen molar-refractivity contribution in [3.05, 3.63) is 45.5 Å². The largest absolute Gasteiger partial charge is 0.469 e. The summed E-state index contributed by atoms with van der Waals surface area (Å²) >= 11 is 7.34. The molecule has 0 radical (unpaired) electrons. The van der Waals surface area contributed by atoms with E-state index in [2.05, 4.69) is 0 Å². The van der Waals surface area contributed by atoms with Gasteiger partial charge in [0.1, 0.15) is 5.76 Å². The Balaban J connectivity index is 2.06. The van der Waals surface area contributed by atoms with Gasteiger partial charge >= 0.3 is 0 Å². The lowest BCUT2D eigenvalue weighted by molar-refractivity contribution is 0.490. The molecule has 2 rings (SSSR count). The number of rotatable bonds is 3. The minimum atomic E-state index is -0.0290. The van der Waals surface area contributed by atoms with Crippen LogP contribution in [-0.2, 0) is 6.42 Å². The van der Waals surface area contributed by atoms with E-state index >= 15 is 0 Å². The molecule has 0 fully saturated rings. The monoisotopic (exact) mass is 227 g/mol. The Hall–Kier alpha value is -0.770. The zero-order valence-electron chi connectivity index (χ0n) is 7.44. The van der Waals surface area contributed by atoms with Gasteiger partial charge in [-0.3, -0.25) is 0 Å². The van der Waals surface area contributed by atoms with Crippen LogP contribution in [0.3, 0.4) is 0 Å². The Morgan fingerprint density at radius 2 is 2.29 bits per heavy atom. The molecule has 4 heteroatoms. The van der Waals surface area contributed by atoms with Gasteiger partial charge in [-0.15, -0.1) is 11.3 Å². The van der Waals surface area contributed by atoms with Gasteiger partial charge in [-0.05, 0) is 24.3 Å². The lowest BCUT2D eigenvalue weighted by Gasteiger charge is -2.06. The van der Waals surface area contributed by atoms with Crippen molar-refractivity contribution < 1.29 is 4.42 Å². The van der Waals surface area contributed by atoms with E-state index in [1.165, 1.54) is 11.3 Å². The highest BCUT2D eigenvalue weighted by molar-refractivity contribution is 7.16. The van der Waals surface area contributed by atoms with E-state index < -0.39 is 0 Å². The molecule has 0 amide bonds. The average molecular weight is 228 g/mol. The summed E-state index contributed by atoms with van der Waals surface area (Å²) in [6.07, 6.45) is 2.37. The van der Waals surface area contributed by atoms with E-state index in [-0.39, 0.29) is 6.04 Å². The van der Waals surface area contributed by atoms with Gasteiger partial charge in [0.25, 0.3) is 0 Å². The average Bonchev–Trinajstić information content (AvgIpc) is 2.75. The molecule has 0 aliphatic heterocycles. The van der Waals surface area contributed by atoms with Crippen molar-refractivity contribution in [1.82, 2.24) is 0 Å². The fourth-order valence-electron chi connectivity index (χ4n) is 1.27. The predicted molar refractivity (Wildman–Crippen MR) is 58.7 cm³/mol. The van der Waals surface area contributed by atoms with Crippen molar-refractivity contribution in [3.63, 3.8) is 0 Å². The second-order valence-corrected chi connectivity index (χ2v) is 4.78. The summed E-state index contributed by atoms with van der Waals surface area (Å²) in [6, 6.07) is 7.58. The molecule has 2 nitrogen and oxygen atoms in total. The Morgan fingerprint density at radius 1 is 1.43 bits per heavy atom. The predicted octanol–water partition coefficient (Wildman–Crippen LogP) is 3.24. The molecule has 0 bridgehead atoms. The maximum Gasteiger partial charge on any atom is 0.105 e. The van der Waals surface area contributed by atoms with Crippen LogP contribution in [-0.4, -0.2) is 0 Å². The fraction of sp³-hybridized carbons (Fsp3) is 0.200. The summed E-state index contributed by atoms with van der Waals surface area (Å²) in [5.41, 5.74) is 5.99. The van der Waals surface area contributed by atoms with Crippen molar-refractivity contribution >= 4 is 22.9 Å². The van der Waals surface area contributed by atoms with E-state index in [1.807, 2.05) is 24.3 Å². The van der Waals surface area contributed by atoms with E-state index in [0.717, 1.165) is 15.0 Å². The zero-order chi connectivity index (χ0) is 9.97. The molecule has 0 aliphatic carbocycles. The maximum atomic E-state index is 5.99. The molecular formula is C10H10ClNOS. The van der Waals surface area contributed by atoms with Gasteiger partial charge in [0, 0.05) is 17.3 Å². The molecule has 0 aromatic carbocycles.